The van der Waals surface area contributed by atoms with Crippen LogP contribution in [0.5, 0.6) is 0 Å². The Kier molecular flexibility index (Phi) is 4.11. The number of hydrogen-bond acceptors (Lipinski definition) is 1. The zero-order valence-electron chi connectivity index (χ0n) is 9.29. The molecule has 0 amide bonds. The summed E-state index contributed by atoms with van der Waals surface area (Å²) < 4.78 is 1.05. The summed E-state index contributed by atoms with van der Waals surface area (Å²) in [6, 6.07) is 4.19. The topological polar surface area (TPSA) is 12.9 Å². The molecule has 0 radical (unpaired) electrons. The second-order valence-corrected chi connectivity index (χ2v) is 5.33. The molecule has 1 rings (SSSR count). The predicted octanol–water partition coefficient (Wildman–Crippen LogP) is 4.24. The lowest BCUT2D eigenvalue weighted by molar-refractivity contribution is 0.380. The average Bonchev–Trinajstić information content (AvgIpc) is 2.07. The SMILES string of the molecule is CC(C)C(c1ccc(Br)cn1)C(C)C. The van der Waals surface area contributed by atoms with Gasteiger partial charge >= 0.3 is 0 Å². The molecule has 0 spiro atoms. The monoisotopic (exact) mass is 255 g/mol. The number of nitrogens with zero attached hydrogens (tertiary/aromatic N) is 1. The minimum atomic E-state index is 0.558. The summed E-state index contributed by atoms with van der Waals surface area (Å²) in [5.74, 6) is 1.84. The van der Waals surface area contributed by atoms with E-state index in [-0.39, 0.29) is 0 Å². The highest BCUT2D eigenvalue weighted by molar-refractivity contribution is 9.10. The summed E-state index contributed by atoms with van der Waals surface area (Å²) in [6.07, 6.45) is 1.88. The van der Waals surface area contributed by atoms with Gasteiger partial charge in [-0.3, -0.25) is 4.98 Å². The van der Waals surface area contributed by atoms with Crippen LogP contribution in [0.3, 0.4) is 0 Å². The van der Waals surface area contributed by atoms with E-state index < -0.39 is 0 Å². The fourth-order valence-corrected chi connectivity index (χ4v) is 2.27. The maximum Gasteiger partial charge on any atom is 0.0440 e. The summed E-state index contributed by atoms with van der Waals surface area (Å²) in [5.41, 5.74) is 1.21. The van der Waals surface area contributed by atoms with E-state index in [1.54, 1.807) is 0 Å². The number of pyridine rings is 1. The lowest BCUT2D eigenvalue weighted by Gasteiger charge is -2.24. The summed E-state index contributed by atoms with van der Waals surface area (Å²) in [4.78, 5) is 4.47. The van der Waals surface area contributed by atoms with E-state index >= 15 is 0 Å². The van der Waals surface area contributed by atoms with E-state index in [9.17, 15) is 0 Å². The van der Waals surface area contributed by atoms with Gasteiger partial charge in [-0.05, 0) is 39.9 Å². The first-order chi connectivity index (χ1) is 6.52. The molecule has 1 heterocycles. The number of halogens is 1. The number of rotatable bonds is 3. The van der Waals surface area contributed by atoms with Crippen molar-refractivity contribution in [1.29, 1.82) is 0 Å². The zero-order chi connectivity index (χ0) is 10.7. The van der Waals surface area contributed by atoms with Crippen LogP contribution in [-0.2, 0) is 0 Å². The Balaban J connectivity index is 2.94. The maximum absolute atomic E-state index is 4.47. The largest absolute Gasteiger partial charge is 0.260 e. The summed E-state index contributed by atoms with van der Waals surface area (Å²) in [7, 11) is 0. The summed E-state index contributed by atoms with van der Waals surface area (Å²) in [6.45, 7) is 9.03. The molecule has 0 aliphatic heterocycles. The van der Waals surface area contributed by atoms with Crippen LogP contribution >= 0.6 is 15.9 Å². The highest BCUT2D eigenvalue weighted by Gasteiger charge is 2.20. The Labute approximate surface area is 95.1 Å². The van der Waals surface area contributed by atoms with Crippen molar-refractivity contribution in [2.24, 2.45) is 11.8 Å². The molecule has 14 heavy (non-hydrogen) atoms. The van der Waals surface area contributed by atoms with Gasteiger partial charge in [-0.1, -0.05) is 27.7 Å². The van der Waals surface area contributed by atoms with Crippen molar-refractivity contribution in [3.63, 3.8) is 0 Å². The Morgan fingerprint density at radius 1 is 1.07 bits per heavy atom. The molecule has 0 fully saturated rings. The van der Waals surface area contributed by atoms with Crippen molar-refractivity contribution < 1.29 is 0 Å². The van der Waals surface area contributed by atoms with Crippen molar-refractivity contribution in [3.05, 3.63) is 28.5 Å². The molecule has 1 aromatic rings. The molecular weight excluding hydrogens is 238 g/mol. The van der Waals surface area contributed by atoms with Gasteiger partial charge in [-0.2, -0.15) is 0 Å². The highest BCUT2D eigenvalue weighted by atomic mass is 79.9. The van der Waals surface area contributed by atoms with E-state index in [0.29, 0.717) is 17.8 Å². The van der Waals surface area contributed by atoms with E-state index in [1.165, 1.54) is 5.69 Å². The molecule has 0 N–H and O–H groups in total. The van der Waals surface area contributed by atoms with Gasteiger partial charge in [-0.15, -0.1) is 0 Å². The van der Waals surface area contributed by atoms with Crippen molar-refractivity contribution in [2.45, 2.75) is 33.6 Å². The van der Waals surface area contributed by atoms with Gasteiger partial charge in [0.15, 0.2) is 0 Å². The molecule has 0 unspecified atom stereocenters. The number of aromatic nitrogens is 1. The van der Waals surface area contributed by atoms with Crippen molar-refractivity contribution in [1.82, 2.24) is 4.98 Å². The normalized spacial score (nSPS) is 11.7. The molecule has 0 saturated heterocycles. The smallest absolute Gasteiger partial charge is 0.0440 e. The van der Waals surface area contributed by atoms with Gasteiger partial charge < -0.3 is 0 Å². The van der Waals surface area contributed by atoms with Crippen LogP contribution in [0.25, 0.3) is 0 Å². The Morgan fingerprint density at radius 2 is 1.64 bits per heavy atom. The Morgan fingerprint density at radius 3 is 2.00 bits per heavy atom. The van der Waals surface area contributed by atoms with Gasteiger partial charge in [-0.25, -0.2) is 0 Å². The van der Waals surface area contributed by atoms with E-state index in [4.69, 9.17) is 0 Å². The van der Waals surface area contributed by atoms with Crippen LogP contribution in [0.4, 0.5) is 0 Å². The van der Waals surface area contributed by atoms with Crippen molar-refractivity contribution in [3.8, 4) is 0 Å². The van der Waals surface area contributed by atoms with Crippen molar-refractivity contribution >= 4 is 15.9 Å². The minimum Gasteiger partial charge on any atom is -0.260 e. The van der Waals surface area contributed by atoms with Crippen LogP contribution in [0.1, 0.15) is 39.3 Å². The summed E-state index contributed by atoms with van der Waals surface area (Å²) in [5, 5.41) is 0. The first-order valence-electron chi connectivity index (χ1n) is 5.13. The minimum absolute atomic E-state index is 0.558. The third-order valence-electron chi connectivity index (χ3n) is 2.53. The van der Waals surface area contributed by atoms with Gasteiger partial charge in [0.25, 0.3) is 0 Å². The molecule has 2 heteroatoms. The highest BCUT2D eigenvalue weighted by Crippen LogP contribution is 2.30. The van der Waals surface area contributed by atoms with Crippen molar-refractivity contribution in [2.75, 3.05) is 0 Å². The van der Waals surface area contributed by atoms with Crippen LogP contribution in [0.15, 0.2) is 22.8 Å². The van der Waals surface area contributed by atoms with E-state index in [0.717, 1.165) is 4.47 Å². The van der Waals surface area contributed by atoms with E-state index in [2.05, 4.69) is 60.7 Å². The fraction of sp³-hybridized carbons (Fsp3) is 0.583. The van der Waals surface area contributed by atoms with Gasteiger partial charge in [0.05, 0.1) is 0 Å². The Hall–Kier alpha value is -0.370. The third kappa shape index (κ3) is 2.81. The second kappa shape index (κ2) is 4.92. The molecule has 0 atom stereocenters. The quantitative estimate of drug-likeness (QED) is 0.788. The zero-order valence-corrected chi connectivity index (χ0v) is 10.9. The number of hydrogen-bond donors (Lipinski definition) is 0. The molecule has 1 aromatic heterocycles. The lowest BCUT2D eigenvalue weighted by atomic mass is 9.83. The predicted molar refractivity (Wildman–Crippen MR) is 64.4 cm³/mol. The van der Waals surface area contributed by atoms with Crippen LogP contribution in [0, 0.1) is 11.8 Å². The van der Waals surface area contributed by atoms with Gasteiger partial charge in [0.1, 0.15) is 0 Å². The van der Waals surface area contributed by atoms with E-state index in [1.807, 2.05) is 6.20 Å². The standard InChI is InChI=1S/C12H18BrN/c1-8(2)12(9(3)4)11-6-5-10(13)7-14-11/h5-9,12H,1-4H3. The Bertz CT molecular complexity index is 269. The molecule has 0 aliphatic rings. The summed E-state index contributed by atoms with van der Waals surface area (Å²) >= 11 is 3.41. The molecule has 0 saturated carbocycles. The van der Waals surface area contributed by atoms with Crippen LogP contribution in [-0.4, -0.2) is 4.98 Å². The molecule has 0 bridgehead atoms. The molecule has 0 aliphatic carbocycles. The molecule has 0 aromatic carbocycles. The second-order valence-electron chi connectivity index (χ2n) is 4.42. The van der Waals surface area contributed by atoms with Crippen LogP contribution < -0.4 is 0 Å². The van der Waals surface area contributed by atoms with Gasteiger partial charge in [0.2, 0.25) is 0 Å². The molecular formula is C12H18BrN. The molecule has 78 valence electrons. The third-order valence-corrected chi connectivity index (χ3v) is 3.00. The maximum atomic E-state index is 4.47. The lowest BCUT2D eigenvalue weighted by Crippen LogP contribution is -2.14. The first kappa shape index (κ1) is 11.7. The first-order valence-corrected chi connectivity index (χ1v) is 5.93. The average molecular weight is 256 g/mol. The fourth-order valence-electron chi connectivity index (χ4n) is 2.04. The van der Waals surface area contributed by atoms with Crippen LogP contribution in [0.2, 0.25) is 0 Å². The van der Waals surface area contributed by atoms with Gasteiger partial charge in [0, 0.05) is 22.3 Å². The molecule has 1 nitrogen and oxygen atoms in total.